The molecule has 3 heterocycles. The fraction of sp³-hybridized carbons (Fsp3) is 0.241. The number of hydrogen-bond acceptors (Lipinski definition) is 6. The zero-order chi connectivity index (χ0) is 25.4. The van der Waals surface area contributed by atoms with Crippen LogP contribution in [0.25, 0.3) is 10.9 Å². The molecule has 0 aliphatic carbocycles. The summed E-state index contributed by atoms with van der Waals surface area (Å²) in [5.41, 5.74) is 6.10. The van der Waals surface area contributed by atoms with Crippen molar-refractivity contribution in [2.24, 2.45) is 0 Å². The number of fused-ring (bicyclic) bond motifs is 2. The van der Waals surface area contributed by atoms with Gasteiger partial charge in [0.15, 0.2) is 5.82 Å². The van der Waals surface area contributed by atoms with Gasteiger partial charge in [0.1, 0.15) is 11.8 Å². The molecule has 8 nitrogen and oxygen atoms in total. The third kappa shape index (κ3) is 4.51. The molecule has 0 saturated carbocycles. The van der Waals surface area contributed by atoms with E-state index >= 15 is 0 Å². The highest BCUT2D eigenvalue weighted by Gasteiger charge is 2.32. The number of aromatic amines is 1. The summed E-state index contributed by atoms with van der Waals surface area (Å²) in [6.07, 6.45) is 0.900. The maximum atomic E-state index is 13.5. The van der Waals surface area contributed by atoms with Crippen molar-refractivity contribution >= 4 is 10.9 Å². The van der Waals surface area contributed by atoms with Crippen molar-refractivity contribution in [2.75, 3.05) is 13.7 Å². The molecule has 186 valence electrons. The second kappa shape index (κ2) is 9.63. The van der Waals surface area contributed by atoms with E-state index in [0.717, 1.165) is 40.7 Å². The summed E-state index contributed by atoms with van der Waals surface area (Å²) in [5.74, 6) is 1.44. The predicted molar refractivity (Wildman–Crippen MR) is 142 cm³/mol. The molecule has 1 aliphatic rings. The van der Waals surface area contributed by atoms with E-state index in [0.29, 0.717) is 24.5 Å². The molecule has 1 aliphatic heterocycles. The van der Waals surface area contributed by atoms with E-state index in [-0.39, 0.29) is 5.56 Å². The molecule has 0 fully saturated rings. The first-order chi connectivity index (χ1) is 18.1. The van der Waals surface area contributed by atoms with Gasteiger partial charge in [0.05, 0.1) is 13.7 Å². The smallest absolute Gasteiger partial charge is 0.253 e. The van der Waals surface area contributed by atoms with E-state index in [1.54, 1.807) is 11.8 Å². The minimum absolute atomic E-state index is 0.124. The van der Waals surface area contributed by atoms with Gasteiger partial charge in [0.2, 0.25) is 0 Å². The van der Waals surface area contributed by atoms with Crippen LogP contribution < -0.4 is 10.3 Å². The van der Waals surface area contributed by atoms with E-state index in [1.165, 1.54) is 11.1 Å². The van der Waals surface area contributed by atoms with Gasteiger partial charge in [-0.15, -0.1) is 5.10 Å². The van der Waals surface area contributed by atoms with E-state index in [4.69, 9.17) is 4.74 Å². The predicted octanol–water partition coefficient (Wildman–Crippen LogP) is 4.03. The van der Waals surface area contributed by atoms with Gasteiger partial charge in [-0.1, -0.05) is 48.5 Å². The summed E-state index contributed by atoms with van der Waals surface area (Å²) in [6.45, 7) is 4.01. The number of hydrogen-bond donors (Lipinski definition) is 1. The number of H-pyrrole nitrogens is 1. The fourth-order valence-electron chi connectivity index (χ4n) is 5.20. The van der Waals surface area contributed by atoms with Crippen molar-refractivity contribution in [1.29, 1.82) is 0 Å². The number of aromatic nitrogens is 5. The SMILES string of the molecule is COc1ccc(Cn2nnnc2C(c2cc3ccc(C)cc3[nH]c2=O)N2CCc3ccccc3C2)cc1. The molecule has 0 saturated heterocycles. The lowest BCUT2D eigenvalue weighted by Gasteiger charge is -2.34. The molecule has 8 heteroatoms. The Morgan fingerprint density at radius 3 is 2.65 bits per heavy atom. The van der Waals surface area contributed by atoms with Crippen LogP contribution in [0.15, 0.2) is 77.6 Å². The van der Waals surface area contributed by atoms with Crippen LogP contribution in [0, 0.1) is 6.92 Å². The first-order valence-corrected chi connectivity index (χ1v) is 12.4. The van der Waals surface area contributed by atoms with Crippen molar-refractivity contribution in [1.82, 2.24) is 30.1 Å². The Kier molecular flexibility index (Phi) is 6.02. The minimum Gasteiger partial charge on any atom is -0.497 e. The first kappa shape index (κ1) is 23.1. The Bertz CT molecular complexity index is 1620. The molecule has 1 atom stereocenters. The minimum atomic E-state index is -0.406. The van der Waals surface area contributed by atoms with Crippen LogP contribution in [0.2, 0.25) is 0 Å². The van der Waals surface area contributed by atoms with Crippen molar-refractivity contribution in [2.45, 2.75) is 32.5 Å². The number of methoxy groups -OCH3 is 1. The highest BCUT2D eigenvalue weighted by molar-refractivity contribution is 5.79. The Hall–Kier alpha value is -4.30. The lowest BCUT2D eigenvalue weighted by Crippen LogP contribution is -2.38. The van der Waals surface area contributed by atoms with Gasteiger partial charge < -0.3 is 9.72 Å². The molecule has 1 unspecified atom stereocenters. The van der Waals surface area contributed by atoms with Crippen LogP contribution in [0.4, 0.5) is 0 Å². The Morgan fingerprint density at radius 1 is 1.03 bits per heavy atom. The molecule has 6 rings (SSSR count). The average molecular weight is 493 g/mol. The van der Waals surface area contributed by atoms with Crippen molar-refractivity contribution in [3.05, 3.63) is 117 Å². The van der Waals surface area contributed by atoms with Crippen LogP contribution >= 0.6 is 0 Å². The van der Waals surface area contributed by atoms with Crippen LogP contribution in [-0.2, 0) is 19.5 Å². The number of benzene rings is 3. The van der Waals surface area contributed by atoms with Gasteiger partial charge in [0, 0.05) is 24.2 Å². The zero-order valence-corrected chi connectivity index (χ0v) is 20.9. The summed E-state index contributed by atoms with van der Waals surface area (Å²) in [5, 5.41) is 13.8. The summed E-state index contributed by atoms with van der Waals surface area (Å²) in [6, 6.07) is 24.0. The number of nitrogens with zero attached hydrogens (tertiary/aromatic N) is 5. The van der Waals surface area contributed by atoms with Gasteiger partial charge in [-0.2, -0.15) is 0 Å². The van der Waals surface area contributed by atoms with E-state index in [2.05, 4.69) is 55.7 Å². The lowest BCUT2D eigenvalue weighted by atomic mass is 9.95. The van der Waals surface area contributed by atoms with Crippen LogP contribution in [-0.4, -0.2) is 43.7 Å². The van der Waals surface area contributed by atoms with Gasteiger partial charge in [-0.25, -0.2) is 4.68 Å². The summed E-state index contributed by atoms with van der Waals surface area (Å²) in [7, 11) is 1.65. The van der Waals surface area contributed by atoms with Crippen LogP contribution in [0.5, 0.6) is 5.75 Å². The van der Waals surface area contributed by atoms with E-state index < -0.39 is 6.04 Å². The molecular formula is C29H28N6O2. The van der Waals surface area contributed by atoms with Gasteiger partial charge in [-0.05, 0) is 75.7 Å². The van der Waals surface area contributed by atoms with Crippen LogP contribution in [0.3, 0.4) is 0 Å². The molecule has 0 spiro atoms. The summed E-state index contributed by atoms with van der Waals surface area (Å²) >= 11 is 0. The standard InChI is InChI=1S/C29H28N6O2/c1-19-7-10-22-16-25(29(36)30-26(22)15-19)27(34-14-13-21-5-3-4-6-23(21)18-34)28-31-32-33-35(28)17-20-8-11-24(37-2)12-9-20/h3-12,15-16,27H,13-14,17-18H2,1-2H3,(H,30,36). The second-order valence-electron chi connectivity index (χ2n) is 9.58. The zero-order valence-electron chi connectivity index (χ0n) is 20.9. The Morgan fingerprint density at radius 2 is 1.84 bits per heavy atom. The third-order valence-electron chi connectivity index (χ3n) is 7.15. The van der Waals surface area contributed by atoms with Crippen molar-refractivity contribution < 1.29 is 4.74 Å². The number of aryl methyl sites for hydroxylation is 1. The van der Waals surface area contributed by atoms with Crippen LogP contribution in [0.1, 0.15) is 39.7 Å². The third-order valence-corrected chi connectivity index (χ3v) is 7.15. The van der Waals surface area contributed by atoms with Gasteiger partial charge >= 0.3 is 0 Å². The highest BCUT2D eigenvalue weighted by Crippen LogP contribution is 2.32. The highest BCUT2D eigenvalue weighted by atomic mass is 16.5. The van der Waals surface area contributed by atoms with Gasteiger partial charge in [0.25, 0.3) is 5.56 Å². The summed E-state index contributed by atoms with van der Waals surface area (Å²) < 4.78 is 7.09. The maximum absolute atomic E-state index is 13.5. The number of nitrogens with one attached hydrogen (secondary N) is 1. The topological polar surface area (TPSA) is 88.9 Å². The van der Waals surface area contributed by atoms with Crippen molar-refractivity contribution in [3.63, 3.8) is 0 Å². The molecule has 0 radical (unpaired) electrons. The number of tetrazole rings is 1. The summed E-state index contributed by atoms with van der Waals surface area (Å²) in [4.78, 5) is 19.0. The molecule has 37 heavy (non-hydrogen) atoms. The molecule has 3 aromatic carbocycles. The Labute approximate surface area is 214 Å². The molecule has 0 bridgehead atoms. The molecule has 5 aromatic rings. The second-order valence-corrected chi connectivity index (χ2v) is 9.58. The Balaban J connectivity index is 1.45. The molecule has 1 N–H and O–H groups in total. The molecule has 2 aromatic heterocycles. The van der Waals surface area contributed by atoms with E-state index in [1.807, 2.05) is 49.4 Å². The average Bonchev–Trinajstić information content (AvgIpc) is 3.37. The quantitative estimate of drug-likeness (QED) is 0.385. The molecule has 0 amide bonds. The largest absolute Gasteiger partial charge is 0.497 e. The normalized spacial score (nSPS) is 14.4. The number of pyridine rings is 1. The maximum Gasteiger partial charge on any atom is 0.253 e. The fourth-order valence-corrected chi connectivity index (χ4v) is 5.20. The number of ether oxygens (including phenoxy) is 1. The number of rotatable bonds is 6. The molecular weight excluding hydrogens is 464 g/mol. The van der Waals surface area contributed by atoms with E-state index in [9.17, 15) is 4.79 Å². The monoisotopic (exact) mass is 492 g/mol. The lowest BCUT2D eigenvalue weighted by molar-refractivity contribution is 0.194. The van der Waals surface area contributed by atoms with Crippen molar-refractivity contribution in [3.8, 4) is 5.75 Å². The van der Waals surface area contributed by atoms with Gasteiger partial charge in [-0.3, -0.25) is 9.69 Å². The first-order valence-electron chi connectivity index (χ1n) is 12.4.